The minimum Gasteiger partial charge on any atom is -0.382 e. The van der Waals surface area contributed by atoms with E-state index in [1.165, 1.54) is 0 Å². The highest BCUT2D eigenvalue weighted by Crippen LogP contribution is 2.33. The topological polar surface area (TPSA) is 94.4 Å². The molecular formula is C9H15N3O3. The van der Waals surface area contributed by atoms with Crippen LogP contribution in [0.2, 0.25) is 0 Å². The fraction of sp³-hybridized carbons (Fsp3) is 0.778. The number of rotatable bonds is 3. The van der Waals surface area contributed by atoms with Gasteiger partial charge in [0, 0.05) is 13.2 Å². The third-order valence-electron chi connectivity index (χ3n) is 2.64. The number of aliphatic hydroxyl groups excluding tert-OH is 1. The molecule has 1 aromatic rings. The van der Waals surface area contributed by atoms with Crippen LogP contribution in [-0.4, -0.2) is 28.4 Å². The van der Waals surface area contributed by atoms with Crippen LogP contribution in [0.4, 0.5) is 0 Å². The SMILES string of the molecule is CC1(c2noc([C@@H](O)CN)n2)CCCO1. The lowest BCUT2D eigenvalue weighted by molar-refractivity contribution is 0.00767. The van der Waals surface area contributed by atoms with Crippen LogP contribution in [0.5, 0.6) is 0 Å². The second-order valence-electron chi connectivity index (χ2n) is 3.89. The summed E-state index contributed by atoms with van der Waals surface area (Å²) in [5, 5.41) is 13.2. The van der Waals surface area contributed by atoms with Crippen LogP contribution >= 0.6 is 0 Å². The molecule has 2 rings (SSSR count). The van der Waals surface area contributed by atoms with Gasteiger partial charge in [0.1, 0.15) is 11.7 Å². The highest BCUT2D eigenvalue weighted by Gasteiger charge is 2.37. The van der Waals surface area contributed by atoms with Gasteiger partial charge in [-0.2, -0.15) is 4.98 Å². The summed E-state index contributed by atoms with van der Waals surface area (Å²) in [6, 6.07) is 0. The average molecular weight is 213 g/mol. The van der Waals surface area contributed by atoms with Gasteiger partial charge in [-0.25, -0.2) is 0 Å². The van der Waals surface area contributed by atoms with Crippen molar-refractivity contribution in [1.29, 1.82) is 0 Å². The maximum atomic E-state index is 9.41. The van der Waals surface area contributed by atoms with Gasteiger partial charge in [0.15, 0.2) is 0 Å². The fourth-order valence-corrected chi connectivity index (χ4v) is 1.64. The minimum absolute atomic E-state index is 0.0687. The largest absolute Gasteiger partial charge is 0.382 e. The van der Waals surface area contributed by atoms with Gasteiger partial charge in [0.25, 0.3) is 5.89 Å². The zero-order chi connectivity index (χ0) is 10.9. The average Bonchev–Trinajstić information content (AvgIpc) is 2.85. The number of ether oxygens (including phenoxy) is 1. The Morgan fingerprint density at radius 2 is 2.47 bits per heavy atom. The van der Waals surface area contributed by atoms with Gasteiger partial charge >= 0.3 is 0 Å². The number of hydrogen-bond donors (Lipinski definition) is 2. The van der Waals surface area contributed by atoms with E-state index in [1.54, 1.807) is 0 Å². The van der Waals surface area contributed by atoms with Crippen LogP contribution in [0.25, 0.3) is 0 Å². The van der Waals surface area contributed by atoms with Crippen LogP contribution in [0.15, 0.2) is 4.52 Å². The van der Waals surface area contributed by atoms with Gasteiger partial charge in [0.2, 0.25) is 5.82 Å². The van der Waals surface area contributed by atoms with Crippen molar-refractivity contribution in [2.45, 2.75) is 31.5 Å². The first-order chi connectivity index (χ1) is 7.15. The first-order valence-electron chi connectivity index (χ1n) is 5.02. The molecule has 1 aliphatic rings. The predicted molar refractivity (Wildman–Crippen MR) is 50.9 cm³/mol. The van der Waals surface area contributed by atoms with Crippen molar-refractivity contribution < 1.29 is 14.4 Å². The van der Waals surface area contributed by atoms with Crippen molar-refractivity contribution in [1.82, 2.24) is 10.1 Å². The Morgan fingerprint density at radius 1 is 1.67 bits per heavy atom. The Balaban J connectivity index is 2.19. The van der Waals surface area contributed by atoms with E-state index >= 15 is 0 Å². The van der Waals surface area contributed by atoms with Crippen molar-refractivity contribution >= 4 is 0 Å². The maximum absolute atomic E-state index is 9.41. The molecule has 6 heteroatoms. The Morgan fingerprint density at radius 3 is 3.07 bits per heavy atom. The molecule has 1 unspecified atom stereocenters. The molecule has 15 heavy (non-hydrogen) atoms. The van der Waals surface area contributed by atoms with Crippen LogP contribution in [0.3, 0.4) is 0 Å². The molecule has 2 heterocycles. The van der Waals surface area contributed by atoms with E-state index in [4.69, 9.17) is 15.0 Å². The zero-order valence-electron chi connectivity index (χ0n) is 8.64. The quantitative estimate of drug-likeness (QED) is 0.738. The summed E-state index contributed by atoms with van der Waals surface area (Å²) >= 11 is 0. The van der Waals surface area contributed by atoms with Crippen molar-refractivity contribution in [3.05, 3.63) is 11.7 Å². The van der Waals surface area contributed by atoms with Gasteiger partial charge in [0.05, 0.1) is 0 Å². The van der Waals surface area contributed by atoms with Crippen molar-refractivity contribution in [3.8, 4) is 0 Å². The summed E-state index contributed by atoms with van der Waals surface area (Å²) in [7, 11) is 0. The Hall–Kier alpha value is -0.980. The highest BCUT2D eigenvalue weighted by atomic mass is 16.5. The van der Waals surface area contributed by atoms with E-state index in [2.05, 4.69) is 10.1 Å². The maximum Gasteiger partial charge on any atom is 0.256 e. The molecule has 0 spiro atoms. The van der Waals surface area contributed by atoms with Crippen molar-refractivity contribution in [2.24, 2.45) is 5.73 Å². The third kappa shape index (κ3) is 1.88. The standard InChI is InChI=1S/C9H15N3O3/c1-9(3-2-4-14-9)8-11-7(15-12-8)6(13)5-10/h6,13H,2-5,10H2,1H3/t6-,9?/m0/s1. The molecule has 0 bridgehead atoms. The molecular weight excluding hydrogens is 198 g/mol. The first kappa shape index (κ1) is 10.5. The zero-order valence-corrected chi connectivity index (χ0v) is 8.64. The van der Waals surface area contributed by atoms with E-state index in [-0.39, 0.29) is 12.4 Å². The lowest BCUT2D eigenvalue weighted by Gasteiger charge is -2.17. The number of nitrogens with two attached hydrogens (primary N) is 1. The Labute approximate surface area is 87.4 Å². The number of hydrogen-bond acceptors (Lipinski definition) is 6. The van der Waals surface area contributed by atoms with Crippen molar-refractivity contribution in [3.63, 3.8) is 0 Å². The molecule has 84 valence electrons. The lowest BCUT2D eigenvalue weighted by Crippen LogP contribution is -2.22. The summed E-state index contributed by atoms with van der Waals surface area (Å²) in [6.07, 6.45) is 0.959. The van der Waals surface area contributed by atoms with E-state index in [0.717, 1.165) is 12.8 Å². The lowest BCUT2D eigenvalue weighted by atomic mass is 10.0. The second kappa shape index (κ2) is 3.88. The molecule has 0 aliphatic carbocycles. The summed E-state index contributed by atoms with van der Waals surface area (Å²) < 4.78 is 10.5. The first-order valence-corrected chi connectivity index (χ1v) is 5.02. The monoisotopic (exact) mass is 213 g/mol. The van der Waals surface area contributed by atoms with E-state index < -0.39 is 11.7 Å². The number of nitrogens with zero attached hydrogens (tertiary/aromatic N) is 2. The third-order valence-corrected chi connectivity index (χ3v) is 2.64. The number of aromatic nitrogens is 2. The van der Waals surface area contributed by atoms with Gasteiger partial charge < -0.3 is 20.1 Å². The molecule has 1 aliphatic heterocycles. The van der Waals surface area contributed by atoms with Gasteiger partial charge in [-0.05, 0) is 19.8 Å². The molecule has 0 amide bonds. The molecule has 6 nitrogen and oxygen atoms in total. The normalized spacial score (nSPS) is 28.2. The molecule has 2 atom stereocenters. The Bertz CT molecular complexity index is 333. The van der Waals surface area contributed by atoms with Gasteiger partial charge in [-0.3, -0.25) is 0 Å². The highest BCUT2D eigenvalue weighted by molar-refractivity contribution is 5.02. The summed E-state index contributed by atoms with van der Waals surface area (Å²) in [6.45, 7) is 2.70. The molecule has 1 saturated heterocycles. The van der Waals surface area contributed by atoms with E-state index in [9.17, 15) is 5.11 Å². The summed E-state index contributed by atoms with van der Waals surface area (Å²) in [5.74, 6) is 0.645. The van der Waals surface area contributed by atoms with Crippen LogP contribution in [-0.2, 0) is 10.3 Å². The van der Waals surface area contributed by atoms with Gasteiger partial charge in [-0.15, -0.1) is 0 Å². The van der Waals surface area contributed by atoms with E-state index in [1.807, 2.05) is 6.92 Å². The smallest absolute Gasteiger partial charge is 0.256 e. The summed E-state index contributed by atoms with van der Waals surface area (Å²) in [5.41, 5.74) is 4.81. The molecule has 0 aromatic carbocycles. The fourth-order valence-electron chi connectivity index (χ4n) is 1.64. The van der Waals surface area contributed by atoms with Crippen LogP contribution in [0, 0.1) is 0 Å². The summed E-state index contributed by atoms with van der Waals surface area (Å²) in [4.78, 5) is 4.10. The molecule has 0 saturated carbocycles. The molecule has 0 radical (unpaired) electrons. The second-order valence-corrected chi connectivity index (χ2v) is 3.89. The number of aliphatic hydroxyl groups is 1. The van der Waals surface area contributed by atoms with Crippen LogP contribution < -0.4 is 5.73 Å². The minimum atomic E-state index is -0.892. The molecule has 3 N–H and O–H groups in total. The predicted octanol–water partition coefficient (Wildman–Crippen LogP) is 0.0873. The molecule has 1 aromatic heterocycles. The molecule has 1 fully saturated rings. The van der Waals surface area contributed by atoms with Crippen molar-refractivity contribution in [2.75, 3.05) is 13.2 Å². The van der Waals surface area contributed by atoms with Gasteiger partial charge in [-0.1, -0.05) is 5.16 Å². The van der Waals surface area contributed by atoms with Crippen LogP contribution in [0.1, 0.15) is 37.6 Å². The Kier molecular flexibility index (Phi) is 2.72. The van der Waals surface area contributed by atoms with E-state index in [0.29, 0.717) is 12.4 Å².